The molecule has 0 aliphatic carbocycles. The van der Waals surface area contributed by atoms with Gasteiger partial charge in [-0.2, -0.15) is 0 Å². The predicted octanol–water partition coefficient (Wildman–Crippen LogP) is 2.13. The molecule has 1 atom stereocenters. The van der Waals surface area contributed by atoms with Crippen LogP contribution in [0.1, 0.15) is 36.8 Å². The third-order valence-corrected chi connectivity index (χ3v) is 5.39. The summed E-state index contributed by atoms with van der Waals surface area (Å²) >= 11 is 0. The highest BCUT2D eigenvalue weighted by Gasteiger charge is 2.26. The van der Waals surface area contributed by atoms with E-state index in [1.165, 1.54) is 11.1 Å². The molecule has 0 saturated carbocycles. The van der Waals surface area contributed by atoms with Crippen LogP contribution in [0.2, 0.25) is 0 Å². The highest BCUT2D eigenvalue weighted by atomic mass is 16.5. The fourth-order valence-corrected chi connectivity index (χ4v) is 3.70. The van der Waals surface area contributed by atoms with Crippen LogP contribution >= 0.6 is 0 Å². The highest BCUT2D eigenvalue weighted by molar-refractivity contribution is 5.78. The topological polar surface area (TPSA) is 53.0 Å². The Morgan fingerprint density at radius 2 is 1.92 bits per heavy atom. The minimum Gasteiger partial charge on any atom is -0.490 e. The van der Waals surface area contributed by atoms with E-state index in [-0.39, 0.29) is 12.0 Å². The van der Waals surface area contributed by atoms with E-state index in [0.717, 1.165) is 44.6 Å². The van der Waals surface area contributed by atoms with Crippen molar-refractivity contribution in [2.24, 2.45) is 0 Å². The Kier molecular flexibility index (Phi) is 5.97. The van der Waals surface area contributed by atoms with E-state index in [0.29, 0.717) is 19.5 Å². The number of aliphatic hydroxyl groups is 1. The van der Waals surface area contributed by atoms with Gasteiger partial charge in [-0.1, -0.05) is 6.07 Å². The molecule has 2 saturated heterocycles. The first-order chi connectivity index (χ1) is 12.0. The summed E-state index contributed by atoms with van der Waals surface area (Å²) in [6.45, 7) is 7.98. The van der Waals surface area contributed by atoms with Crippen LogP contribution < -0.4 is 4.74 Å². The summed E-state index contributed by atoms with van der Waals surface area (Å²) in [6, 6.07) is 6.26. The number of aryl methyl sites for hydroxylation is 2. The summed E-state index contributed by atoms with van der Waals surface area (Å²) in [6.07, 6.45) is 3.29. The molecule has 2 fully saturated rings. The molecule has 138 valence electrons. The normalized spacial score (nSPS) is 20.9. The Bertz CT molecular complexity index is 597. The van der Waals surface area contributed by atoms with Gasteiger partial charge in [0.15, 0.2) is 0 Å². The molecule has 1 aromatic rings. The number of β-amino-alcohol motifs (C(OH)–C–C–N with tert-alkyl or cyclic N) is 1. The first-order valence-electron chi connectivity index (χ1n) is 9.43. The number of hydrogen-bond acceptors (Lipinski definition) is 4. The van der Waals surface area contributed by atoms with Crippen molar-refractivity contribution in [1.29, 1.82) is 0 Å². The maximum atomic E-state index is 11.6. The lowest BCUT2D eigenvalue weighted by molar-refractivity contribution is -0.129. The smallest absolute Gasteiger partial charge is 0.222 e. The van der Waals surface area contributed by atoms with E-state index in [1.54, 1.807) is 4.90 Å². The van der Waals surface area contributed by atoms with Crippen molar-refractivity contribution < 1.29 is 14.6 Å². The summed E-state index contributed by atoms with van der Waals surface area (Å²) < 4.78 is 6.12. The summed E-state index contributed by atoms with van der Waals surface area (Å²) in [5, 5.41) is 10.3. The van der Waals surface area contributed by atoms with Gasteiger partial charge in [0.1, 0.15) is 11.9 Å². The lowest BCUT2D eigenvalue weighted by Crippen LogP contribution is -2.45. The quantitative estimate of drug-likeness (QED) is 0.857. The van der Waals surface area contributed by atoms with Crippen molar-refractivity contribution in [2.45, 2.75) is 51.7 Å². The van der Waals surface area contributed by atoms with Crippen LogP contribution in [0.15, 0.2) is 18.2 Å². The minimum absolute atomic E-state index is 0.180. The molecule has 5 heteroatoms. The second-order valence-corrected chi connectivity index (χ2v) is 7.46. The number of ether oxygens (including phenoxy) is 1. The first-order valence-corrected chi connectivity index (χ1v) is 9.43. The van der Waals surface area contributed by atoms with Gasteiger partial charge in [0.25, 0.3) is 0 Å². The molecular weight excluding hydrogens is 316 g/mol. The molecule has 0 bridgehead atoms. The number of likely N-dealkylation sites (tertiary alicyclic amines) is 2. The van der Waals surface area contributed by atoms with E-state index < -0.39 is 6.10 Å². The number of carbonyl (C=O) groups is 1. The molecule has 3 rings (SSSR count). The van der Waals surface area contributed by atoms with E-state index in [1.807, 2.05) is 6.07 Å². The zero-order valence-electron chi connectivity index (χ0n) is 15.4. The summed E-state index contributed by atoms with van der Waals surface area (Å²) in [5.74, 6) is 1.13. The van der Waals surface area contributed by atoms with Gasteiger partial charge in [0.05, 0.1) is 6.10 Å². The third kappa shape index (κ3) is 4.95. The number of nitrogens with zero attached hydrogens (tertiary/aromatic N) is 2. The van der Waals surface area contributed by atoms with Crippen LogP contribution in [0.4, 0.5) is 0 Å². The SMILES string of the molecule is Cc1ccc(OC2CCN(CC(O)CN3CCCC3=O)CC2)cc1C. The molecular formula is C20H30N2O3. The second kappa shape index (κ2) is 8.19. The molecule has 2 heterocycles. The molecule has 2 aliphatic heterocycles. The zero-order valence-corrected chi connectivity index (χ0v) is 15.4. The van der Waals surface area contributed by atoms with E-state index >= 15 is 0 Å². The highest BCUT2D eigenvalue weighted by Crippen LogP contribution is 2.22. The van der Waals surface area contributed by atoms with Crippen LogP contribution in [0.25, 0.3) is 0 Å². The van der Waals surface area contributed by atoms with Gasteiger partial charge in [-0.05, 0) is 56.4 Å². The number of benzene rings is 1. The molecule has 1 aromatic carbocycles. The molecule has 5 nitrogen and oxygen atoms in total. The van der Waals surface area contributed by atoms with E-state index in [2.05, 4.69) is 30.9 Å². The third-order valence-electron chi connectivity index (χ3n) is 5.39. The van der Waals surface area contributed by atoms with Gasteiger partial charge in [-0.3, -0.25) is 4.79 Å². The number of aliphatic hydroxyl groups excluding tert-OH is 1. The van der Waals surface area contributed by atoms with Crippen LogP contribution in [-0.2, 0) is 4.79 Å². The largest absolute Gasteiger partial charge is 0.490 e. The Morgan fingerprint density at radius 3 is 2.56 bits per heavy atom. The monoisotopic (exact) mass is 346 g/mol. The van der Waals surface area contributed by atoms with E-state index in [4.69, 9.17) is 4.74 Å². The second-order valence-electron chi connectivity index (χ2n) is 7.46. The summed E-state index contributed by atoms with van der Waals surface area (Å²) in [4.78, 5) is 15.7. The van der Waals surface area contributed by atoms with Crippen molar-refractivity contribution in [3.05, 3.63) is 29.3 Å². The first kappa shape index (κ1) is 18.2. The number of carbonyl (C=O) groups excluding carboxylic acids is 1. The van der Waals surface area contributed by atoms with Gasteiger partial charge in [-0.15, -0.1) is 0 Å². The molecule has 1 N–H and O–H groups in total. The Balaban J connectivity index is 1.40. The van der Waals surface area contributed by atoms with Crippen LogP contribution in [0, 0.1) is 13.8 Å². The van der Waals surface area contributed by atoms with Crippen molar-refractivity contribution >= 4 is 5.91 Å². The molecule has 1 amide bonds. The predicted molar refractivity (Wildman–Crippen MR) is 97.8 cm³/mol. The number of hydrogen-bond donors (Lipinski definition) is 1. The lowest BCUT2D eigenvalue weighted by atomic mass is 10.1. The average Bonchev–Trinajstić information content (AvgIpc) is 2.98. The van der Waals surface area contributed by atoms with E-state index in [9.17, 15) is 9.90 Å². The summed E-state index contributed by atoms with van der Waals surface area (Å²) in [7, 11) is 0. The van der Waals surface area contributed by atoms with Crippen molar-refractivity contribution in [1.82, 2.24) is 9.80 Å². The maximum absolute atomic E-state index is 11.6. The van der Waals surface area contributed by atoms with Gasteiger partial charge in [-0.25, -0.2) is 0 Å². The standard InChI is InChI=1S/C20H30N2O3/c1-15-5-6-19(12-16(15)2)25-18-7-10-21(11-8-18)13-17(23)14-22-9-3-4-20(22)24/h5-6,12,17-18,23H,3-4,7-11,13-14H2,1-2H3. The molecule has 25 heavy (non-hydrogen) atoms. The fourth-order valence-electron chi connectivity index (χ4n) is 3.70. The van der Waals surface area contributed by atoms with Crippen molar-refractivity contribution in [3.63, 3.8) is 0 Å². The van der Waals surface area contributed by atoms with Gasteiger partial charge in [0, 0.05) is 39.1 Å². The Hall–Kier alpha value is -1.59. The van der Waals surface area contributed by atoms with Crippen LogP contribution in [0.5, 0.6) is 5.75 Å². The maximum Gasteiger partial charge on any atom is 0.222 e. The van der Waals surface area contributed by atoms with Crippen molar-refractivity contribution in [3.8, 4) is 5.75 Å². The van der Waals surface area contributed by atoms with Gasteiger partial charge < -0.3 is 19.6 Å². The van der Waals surface area contributed by atoms with Gasteiger partial charge in [0.2, 0.25) is 5.91 Å². The molecule has 0 spiro atoms. The molecule has 0 aromatic heterocycles. The van der Waals surface area contributed by atoms with Crippen LogP contribution in [0.3, 0.4) is 0 Å². The number of amides is 1. The average molecular weight is 346 g/mol. The van der Waals surface area contributed by atoms with Crippen LogP contribution in [-0.4, -0.2) is 65.7 Å². The fraction of sp³-hybridized carbons (Fsp3) is 0.650. The van der Waals surface area contributed by atoms with Crippen molar-refractivity contribution in [2.75, 3.05) is 32.7 Å². The number of rotatable bonds is 6. The Labute approximate surface area is 150 Å². The zero-order chi connectivity index (χ0) is 17.8. The number of piperidine rings is 1. The summed E-state index contributed by atoms with van der Waals surface area (Å²) in [5.41, 5.74) is 2.54. The molecule has 0 radical (unpaired) electrons. The minimum atomic E-state index is -0.459. The Morgan fingerprint density at radius 1 is 1.16 bits per heavy atom. The van der Waals surface area contributed by atoms with Gasteiger partial charge >= 0.3 is 0 Å². The molecule has 2 aliphatic rings. The lowest BCUT2D eigenvalue weighted by Gasteiger charge is -2.34. The molecule has 1 unspecified atom stereocenters.